The Bertz CT molecular complexity index is 899. The molecule has 9 nitrogen and oxygen atoms in total. The van der Waals surface area contributed by atoms with Gasteiger partial charge in [0.1, 0.15) is 18.5 Å². The van der Waals surface area contributed by atoms with Gasteiger partial charge in [-0.25, -0.2) is 4.79 Å². The monoisotopic (exact) mass is 455 g/mol. The average molecular weight is 456 g/mol. The van der Waals surface area contributed by atoms with Crippen molar-refractivity contribution in [1.29, 1.82) is 5.26 Å². The van der Waals surface area contributed by atoms with Crippen LogP contribution in [0.4, 0.5) is 4.79 Å². The second-order valence-corrected chi connectivity index (χ2v) is 9.46. The molecule has 2 bridgehead atoms. The van der Waals surface area contributed by atoms with Gasteiger partial charge in [0.05, 0.1) is 17.2 Å². The third-order valence-electron chi connectivity index (χ3n) is 6.44. The van der Waals surface area contributed by atoms with Gasteiger partial charge in [0, 0.05) is 45.3 Å². The van der Waals surface area contributed by atoms with Crippen LogP contribution in [0.15, 0.2) is 18.2 Å². The molecule has 2 aliphatic heterocycles. The molecule has 3 N–H and O–H groups in total. The average Bonchev–Trinajstić information content (AvgIpc) is 3.61. The number of hydrogen-bond donors (Lipinski definition) is 3. The number of piperidine rings is 2. The quantitative estimate of drug-likeness (QED) is 0.542. The van der Waals surface area contributed by atoms with E-state index in [0.717, 1.165) is 45.4 Å². The lowest BCUT2D eigenvalue weighted by Gasteiger charge is -2.46. The summed E-state index contributed by atoms with van der Waals surface area (Å²) >= 11 is 0. The summed E-state index contributed by atoms with van der Waals surface area (Å²) in [5, 5.41) is 25.6. The number of carbonyl (C=O) groups excluding carboxylic acids is 2. The maximum absolute atomic E-state index is 12.6. The van der Waals surface area contributed by atoms with Gasteiger partial charge in [-0.2, -0.15) is 5.26 Å². The summed E-state index contributed by atoms with van der Waals surface area (Å²) in [6, 6.07) is 7.03. The highest BCUT2D eigenvalue weighted by Crippen LogP contribution is 2.29. The number of amides is 3. The fourth-order valence-electron chi connectivity index (χ4n) is 4.90. The van der Waals surface area contributed by atoms with Crippen LogP contribution in [-0.4, -0.2) is 84.9 Å². The molecule has 4 rings (SSSR count). The summed E-state index contributed by atoms with van der Waals surface area (Å²) in [6.45, 7) is 6.28. The van der Waals surface area contributed by atoms with E-state index in [2.05, 4.69) is 21.6 Å². The Morgan fingerprint density at radius 1 is 1.24 bits per heavy atom. The second kappa shape index (κ2) is 10.4. The first-order chi connectivity index (χ1) is 15.9. The largest absolute Gasteiger partial charge is 0.490 e. The van der Waals surface area contributed by atoms with Crippen LogP contribution >= 0.6 is 0 Å². The number of aliphatic hydroxyl groups excluding tert-OH is 1. The maximum Gasteiger partial charge on any atom is 0.317 e. The van der Waals surface area contributed by atoms with Crippen LogP contribution < -0.4 is 15.4 Å². The number of nitrogens with one attached hydrogen (secondary N) is 2. The molecule has 1 aromatic rings. The summed E-state index contributed by atoms with van der Waals surface area (Å²) in [4.78, 5) is 28.9. The van der Waals surface area contributed by atoms with E-state index in [1.807, 2.05) is 11.8 Å². The van der Waals surface area contributed by atoms with Crippen molar-refractivity contribution in [2.45, 2.75) is 38.3 Å². The van der Waals surface area contributed by atoms with Gasteiger partial charge < -0.3 is 25.4 Å². The van der Waals surface area contributed by atoms with Gasteiger partial charge >= 0.3 is 6.03 Å². The van der Waals surface area contributed by atoms with Crippen LogP contribution in [0.2, 0.25) is 0 Å². The van der Waals surface area contributed by atoms with Gasteiger partial charge in [-0.15, -0.1) is 0 Å². The first kappa shape index (κ1) is 23.3. The fourth-order valence-corrected chi connectivity index (χ4v) is 4.90. The zero-order chi connectivity index (χ0) is 23.4. The van der Waals surface area contributed by atoms with Crippen molar-refractivity contribution in [3.8, 4) is 11.8 Å². The van der Waals surface area contributed by atoms with Crippen molar-refractivity contribution in [3.63, 3.8) is 0 Å². The van der Waals surface area contributed by atoms with Crippen molar-refractivity contribution in [3.05, 3.63) is 29.3 Å². The minimum Gasteiger partial charge on any atom is -0.490 e. The molecular formula is C24H33N5O4. The lowest BCUT2D eigenvalue weighted by atomic mass is 9.84. The van der Waals surface area contributed by atoms with E-state index >= 15 is 0 Å². The van der Waals surface area contributed by atoms with Gasteiger partial charge in [0.2, 0.25) is 0 Å². The minimum atomic E-state index is -0.710. The summed E-state index contributed by atoms with van der Waals surface area (Å²) in [7, 11) is 0. The predicted octanol–water partition coefficient (Wildman–Crippen LogP) is 1.17. The zero-order valence-electron chi connectivity index (χ0n) is 19.1. The van der Waals surface area contributed by atoms with Crippen molar-refractivity contribution >= 4 is 11.9 Å². The molecule has 2 unspecified atom stereocenters. The number of rotatable bonds is 8. The molecule has 0 radical (unpaired) electrons. The van der Waals surface area contributed by atoms with Crippen LogP contribution in [0.5, 0.6) is 5.75 Å². The number of carbonyl (C=O) groups is 2. The van der Waals surface area contributed by atoms with Gasteiger partial charge in [0.15, 0.2) is 0 Å². The Morgan fingerprint density at radius 3 is 2.61 bits per heavy atom. The van der Waals surface area contributed by atoms with Gasteiger partial charge in [-0.05, 0) is 56.2 Å². The highest BCUT2D eigenvalue weighted by molar-refractivity contribution is 5.97. The number of likely N-dealkylation sites (tertiary alicyclic amines) is 2. The van der Waals surface area contributed by atoms with E-state index in [9.17, 15) is 20.0 Å². The molecule has 9 heteroatoms. The number of fused-ring (bicyclic) bond motifs is 2. The molecule has 33 heavy (non-hydrogen) atoms. The van der Waals surface area contributed by atoms with Crippen molar-refractivity contribution in [1.82, 2.24) is 20.4 Å². The first-order valence-electron chi connectivity index (χ1n) is 11.9. The molecule has 0 spiro atoms. The van der Waals surface area contributed by atoms with Gasteiger partial charge in [-0.1, -0.05) is 0 Å². The molecule has 3 atom stereocenters. The molecular weight excluding hydrogens is 422 g/mol. The summed E-state index contributed by atoms with van der Waals surface area (Å²) < 4.78 is 5.82. The number of aliphatic hydroxyl groups is 1. The van der Waals surface area contributed by atoms with Crippen LogP contribution in [-0.2, 0) is 0 Å². The van der Waals surface area contributed by atoms with Crippen molar-refractivity contribution < 1.29 is 19.4 Å². The lowest BCUT2D eigenvalue weighted by molar-refractivity contribution is 0.00915. The van der Waals surface area contributed by atoms with E-state index in [1.54, 1.807) is 12.1 Å². The van der Waals surface area contributed by atoms with E-state index in [-0.39, 0.29) is 24.6 Å². The molecule has 1 saturated carbocycles. The summed E-state index contributed by atoms with van der Waals surface area (Å²) in [6.07, 6.45) is 2.34. The number of ether oxygens (including phenoxy) is 1. The number of benzene rings is 1. The highest BCUT2D eigenvalue weighted by atomic mass is 16.5. The Kier molecular flexibility index (Phi) is 7.36. The smallest absolute Gasteiger partial charge is 0.317 e. The molecule has 3 aliphatic rings. The van der Waals surface area contributed by atoms with Crippen LogP contribution in [0.25, 0.3) is 0 Å². The molecule has 2 saturated heterocycles. The Balaban J connectivity index is 1.29. The third-order valence-corrected chi connectivity index (χ3v) is 6.44. The van der Waals surface area contributed by atoms with Gasteiger partial charge in [-0.3, -0.25) is 9.69 Å². The first-order valence-corrected chi connectivity index (χ1v) is 11.9. The fraction of sp³-hybridized carbons (Fsp3) is 0.625. The second-order valence-electron chi connectivity index (χ2n) is 9.46. The topological polar surface area (TPSA) is 118 Å². The molecule has 1 aromatic carbocycles. The summed E-state index contributed by atoms with van der Waals surface area (Å²) in [5.74, 6) is 0.938. The van der Waals surface area contributed by atoms with Crippen molar-refractivity contribution in [2.24, 2.45) is 11.8 Å². The number of urea groups is 1. The zero-order valence-corrected chi connectivity index (χ0v) is 19.1. The molecule has 2 heterocycles. The Hall–Kier alpha value is -2.83. The lowest BCUT2D eigenvalue weighted by Crippen LogP contribution is -2.56. The standard InChI is InChI=1S/C24H33N5O4/c1-2-26-24(32)29-12-17-7-18(13-29)11-28(10-17)14-20(30)15-33-22-6-3-16(9-25)8-21(22)23(31)27-19-4-5-19/h3,6,8,17-20,30H,2,4-5,7,10-15H2,1H3,(H,26,32)(H,27,31)/t17?,18?,20-/m1/s1. The normalized spacial score (nSPS) is 23.4. The van der Waals surface area contributed by atoms with E-state index < -0.39 is 6.10 Å². The molecule has 0 aromatic heterocycles. The molecule has 3 fully saturated rings. The van der Waals surface area contributed by atoms with Crippen LogP contribution in [0, 0.1) is 23.2 Å². The number of β-amino-alcohol motifs (C(OH)–C–C–N with tert-alkyl or cyclic N) is 1. The van der Waals surface area contributed by atoms with E-state index in [4.69, 9.17) is 4.74 Å². The maximum atomic E-state index is 12.6. The molecule has 3 amide bonds. The number of hydrogen-bond acceptors (Lipinski definition) is 6. The summed E-state index contributed by atoms with van der Waals surface area (Å²) in [5.41, 5.74) is 0.719. The number of nitriles is 1. The molecule has 178 valence electrons. The third kappa shape index (κ3) is 6.15. The predicted molar refractivity (Wildman–Crippen MR) is 122 cm³/mol. The van der Waals surface area contributed by atoms with Crippen molar-refractivity contribution in [2.75, 3.05) is 45.9 Å². The van der Waals surface area contributed by atoms with E-state index in [0.29, 0.717) is 41.8 Å². The SMILES string of the molecule is CCNC(=O)N1CC2CC(CN(C[C@@H](O)COc3ccc(C#N)cc3C(=O)NC3CC3)C2)C1. The Labute approximate surface area is 194 Å². The Morgan fingerprint density at radius 2 is 1.97 bits per heavy atom. The van der Waals surface area contributed by atoms with E-state index in [1.165, 1.54) is 6.07 Å². The minimum absolute atomic E-state index is 0.0121. The van der Waals surface area contributed by atoms with Crippen LogP contribution in [0.1, 0.15) is 42.1 Å². The number of nitrogens with zero attached hydrogens (tertiary/aromatic N) is 3. The van der Waals surface area contributed by atoms with Crippen LogP contribution in [0.3, 0.4) is 0 Å². The molecule has 1 aliphatic carbocycles. The van der Waals surface area contributed by atoms with Gasteiger partial charge in [0.25, 0.3) is 5.91 Å². The highest BCUT2D eigenvalue weighted by Gasteiger charge is 2.36.